The smallest absolute Gasteiger partial charge is 0.254 e. The number of carbonyl (C=O) groups is 2. The number of amides is 2. The summed E-state index contributed by atoms with van der Waals surface area (Å²) in [5.74, 6) is 0.245. The molecule has 2 amide bonds. The molecule has 1 aromatic heterocycles. The highest BCUT2D eigenvalue weighted by Gasteiger charge is 2.49. The number of aryl methyl sites for hydroxylation is 1. The number of carbonyl (C=O) groups excluding carboxylic acids is 2. The van der Waals surface area contributed by atoms with Crippen molar-refractivity contribution < 1.29 is 9.59 Å². The van der Waals surface area contributed by atoms with Gasteiger partial charge in [0.25, 0.3) is 5.91 Å². The Bertz CT molecular complexity index is 852. The summed E-state index contributed by atoms with van der Waals surface area (Å²) in [4.78, 5) is 34.1. The first-order valence-electron chi connectivity index (χ1n) is 9.62. The molecule has 0 N–H and O–H groups in total. The zero-order valence-electron chi connectivity index (χ0n) is 15.7. The molecule has 0 aliphatic carbocycles. The fourth-order valence-electron chi connectivity index (χ4n) is 4.42. The highest BCUT2D eigenvalue weighted by Crippen LogP contribution is 2.41. The van der Waals surface area contributed by atoms with Crippen molar-refractivity contribution in [2.24, 2.45) is 5.41 Å². The molecule has 0 radical (unpaired) electrons. The van der Waals surface area contributed by atoms with Gasteiger partial charge in [-0.1, -0.05) is 18.2 Å². The summed E-state index contributed by atoms with van der Waals surface area (Å²) in [5, 5.41) is 0. The molecule has 3 heterocycles. The quantitative estimate of drug-likeness (QED) is 0.842. The van der Waals surface area contributed by atoms with Crippen molar-refractivity contribution in [2.75, 3.05) is 19.6 Å². The molecule has 140 valence electrons. The van der Waals surface area contributed by atoms with Crippen molar-refractivity contribution in [1.29, 1.82) is 0 Å². The Morgan fingerprint density at radius 1 is 1.11 bits per heavy atom. The van der Waals surface area contributed by atoms with Gasteiger partial charge in [-0.3, -0.25) is 14.6 Å². The van der Waals surface area contributed by atoms with E-state index in [0.717, 1.165) is 49.0 Å². The van der Waals surface area contributed by atoms with Crippen LogP contribution < -0.4 is 0 Å². The van der Waals surface area contributed by atoms with Crippen LogP contribution in [0.15, 0.2) is 48.8 Å². The van der Waals surface area contributed by atoms with Crippen LogP contribution in [0.4, 0.5) is 0 Å². The molecule has 1 spiro atoms. The summed E-state index contributed by atoms with van der Waals surface area (Å²) in [7, 11) is 0. The minimum Gasteiger partial charge on any atom is -0.338 e. The molecule has 4 rings (SSSR count). The zero-order chi connectivity index (χ0) is 18.9. The van der Waals surface area contributed by atoms with E-state index < -0.39 is 5.41 Å². The van der Waals surface area contributed by atoms with Gasteiger partial charge in [-0.2, -0.15) is 0 Å². The van der Waals surface area contributed by atoms with E-state index >= 15 is 0 Å². The average Bonchev–Trinajstić information content (AvgIpc) is 2.98. The Labute approximate surface area is 160 Å². The lowest BCUT2D eigenvalue weighted by molar-refractivity contribution is -0.138. The normalized spacial score (nSPS) is 22.5. The number of likely N-dealkylation sites (tertiary alicyclic amines) is 2. The minimum absolute atomic E-state index is 0.0487. The fourth-order valence-corrected chi connectivity index (χ4v) is 4.42. The molecule has 2 aliphatic heterocycles. The topological polar surface area (TPSA) is 53.5 Å². The fraction of sp³-hybridized carbons (Fsp3) is 0.409. The summed E-state index contributed by atoms with van der Waals surface area (Å²) < 4.78 is 0. The van der Waals surface area contributed by atoms with Crippen molar-refractivity contribution in [2.45, 2.75) is 32.7 Å². The number of nitrogens with zero attached hydrogens (tertiary/aromatic N) is 3. The first-order chi connectivity index (χ1) is 13.1. The molecule has 27 heavy (non-hydrogen) atoms. The highest BCUT2D eigenvalue weighted by molar-refractivity contribution is 5.96. The maximum absolute atomic E-state index is 13.2. The second kappa shape index (κ2) is 7.14. The first kappa shape index (κ1) is 17.7. The van der Waals surface area contributed by atoms with Gasteiger partial charge in [0, 0.05) is 44.1 Å². The van der Waals surface area contributed by atoms with Crippen molar-refractivity contribution in [3.8, 4) is 0 Å². The van der Waals surface area contributed by atoms with Crippen molar-refractivity contribution in [3.05, 3.63) is 65.5 Å². The molecule has 2 saturated heterocycles. The second-order valence-electron chi connectivity index (χ2n) is 7.76. The number of benzene rings is 1. The highest BCUT2D eigenvalue weighted by atomic mass is 16.2. The maximum atomic E-state index is 13.2. The molecular formula is C22H25N3O2. The number of hydrogen-bond donors (Lipinski definition) is 0. The van der Waals surface area contributed by atoms with Crippen LogP contribution in [0.5, 0.6) is 0 Å². The molecule has 5 nitrogen and oxygen atoms in total. The molecule has 2 aliphatic rings. The van der Waals surface area contributed by atoms with Crippen molar-refractivity contribution in [3.63, 3.8) is 0 Å². The molecule has 1 aromatic carbocycles. The third-order valence-corrected chi connectivity index (χ3v) is 5.96. The number of rotatable bonds is 3. The molecule has 5 heteroatoms. The summed E-state index contributed by atoms with van der Waals surface area (Å²) in [6.07, 6.45) is 6.10. The van der Waals surface area contributed by atoms with Crippen LogP contribution in [0.3, 0.4) is 0 Å². The van der Waals surface area contributed by atoms with E-state index in [-0.39, 0.29) is 11.8 Å². The largest absolute Gasteiger partial charge is 0.338 e. The lowest BCUT2D eigenvalue weighted by atomic mass is 9.78. The molecule has 0 bridgehead atoms. The first-order valence-corrected chi connectivity index (χ1v) is 9.62. The van der Waals surface area contributed by atoms with Crippen molar-refractivity contribution in [1.82, 2.24) is 14.8 Å². The van der Waals surface area contributed by atoms with Crippen LogP contribution >= 0.6 is 0 Å². The predicted octanol–water partition coefficient (Wildman–Crippen LogP) is 3.04. The lowest BCUT2D eigenvalue weighted by Crippen LogP contribution is -2.49. The summed E-state index contributed by atoms with van der Waals surface area (Å²) in [5.41, 5.74) is 2.41. The Hall–Kier alpha value is -2.69. The van der Waals surface area contributed by atoms with Gasteiger partial charge in [-0.05, 0) is 55.5 Å². The standard InChI is InChI=1S/C22H25N3O2/c1-17-5-2-3-6-19(17)20(26)25-13-4-9-22(16-25)10-14-24(21(22)27)15-18-7-11-23-12-8-18/h2-3,5-8,11-12H,4,9-10,13-16H2,1H3. The van der Waals surface area contributed by atoms with Crippen LogP contribution in [-0.2, 0) is 11.3 Å². The minimum atomic E-state index is -0.413. The third-order valence-electron chi connectivity index (χ3n) is 5.96. The van der Waals surface area contributed by atoms with Gasteiger partial charge in [0.1, 0.15) is 0 Å². The molecule has 2 aromatic rings. The van der Waals surface area contributed by atoms with Gasteiger partial charge >= 0.3 is 0 Å². The van der Waals surface area contributed by atoms with E-state index in [9.17, 15) is 9.59 Å². The Morgan fingerprint density at radius 2 is 1.89 bits per heavy atom. The van der Waals surface area contributed by atoms with E-state index in [2.05, 4.69) is 4.98 Å². The second-order valence-corrected chi connectivity index (χ2v) is 7.76. The van der Waals surface area contributed by atoms with Crippen LogP contribution in [0.1, 0.15) is 40.7 Å². The average molecular weight is 363 g/mol. The van der Waals surface area contributed by atoms with Crippen LogP contribution in [-0.4, -0.2) is 46.2 Å². The molecule has 2 fully saturated rings. The third kappa shape index (κ3) is 3.34. The van der Waals surface area contributed by atoms with E-state index in [1.165, 1.54) is 0 Å². The molecule has 0 saturated carbocycles. The lowest BCUT2D eigenvalue weighted by Gasteiger charge is -2.39. The van der Waals surface area contributed by atoms with Gasteiger partial charge in [-0.25, -0.2) is 0 Å². The van der Waals surface area contributed by atoms with Crippen LogP contribution in [0.2, 0.25) is 0 Å². The molecule has 1 atom stereocenters. The van der Waals surface area contributed by atoms with Gasteiger partial charge in [0.2, 0.25) is 5.91 Å². The number of piperidine rings is 1. The van der Waals surface area contributed by atoms with Gasteiger partial charge in [-0.15, -0.1) is 0 Å². The molecule has 1 unspecified atom stereocenters. The van der Waals surface area contributed by atoms with Crippen molar-refractivity contribution >= 4 is 11.8 Å². The summed E-state index contributed by atoms with van der Waals surface area (Å²) in [6.45, 7) is 4.60. The summed E-state index contributed by atoms with van der Waals surface area (Å²) >= 11 is 0. The van der Waals surface area contributed by atoms with E-state index in [1.807, 2.05) is 53.1 Å². The number of aromatic nitrogens is 1. The number of hydrogen-bond acceptors (Lipinski definition) is 3. The maximum Gasteiger partial charge on any atom is 0.254 e. The van der Waals surface area contributed by atoms with Gasteiger partial charge in [0.05, 0.1) is 5.41 Å². The van der Waals surface area contributed by atoms with Crippen LogP contribution in [0, 0.1) is 12.3 Å². The SMILES string of the molecule is Cc1ccccc1C(=O)N1CCCC2(CCN(Cc3ccncc3)C2=O)C1. The Kier molecular flexibility index (Phi) is 4.68. The molecular weight excluding hydrogens is 338 g/mol. The van der Waals surface area contributed by atoms with Gasteiger partial charge < -0.3 is 9.80 Å². The number of pyridine rings is 1. The monoisotopic (exact) mass is 363 g/mol. The Balaban J connectivity index is 1.50. The summed E-state index contributed by atoms with van der Waals surface area (Å²) in [6, 6.07) is 11.6. The predicted molar refractivity (Wildman–Crippen MR) is 103 cm³/mol. The van der Waals surface area contributed by atoms with Crippen LogP contribution in [0.25, 0.3) is 0 Å². The van der Waals surface area contributed by atoms with E-state index in [1.54, 1.807) is 12.4 Å². The van der Waals surface area contributed by atoms with Gasteiger partial charge in [0.15, 0.2) is 0 Å². The zero-order valence-corrected chi connectivity index (χ0v) is 15.7. The van der Waals surface area contributed by atoms with E-state index in [0.29, 0.717) is 13.1 Å². The Morgan fingerprint density at radius 3 is 2.67 bits per heavy atom. The van der Waals surface area contributed by atoms with E-state index in [4.69, 9.17) is 0 Å².